The van der Waals surface area contributed by atoms with E-state index >= 15 is 0 Å². The molecule has 1 aliphatic carbocycles. The first-order valence-corrected chi connectivity index (χ1v) is 8.37. The highest BCUT2D eigenvalue weighted by atomic mass is 32.2. The lowest BCUT2D eigenvalue weighted by atomic mass is 9.94. The number of sulfonamides is 1. The van der Waals surface area contributed by atoms with Crippen LogP contribution in [0.3, 0.4) is 0 Å². The van der Waals surface area contributed by atoms with Gasteiger partial charge in [0.15, 0.2) is 0 Å². The highest BCUT2D eigenvalue weighted by molar-refractivity contribution is 7.89. The zero-order valence-electron chi connectivity index (χ0n) is 11.5. The summed E-state index contributed by atoms with van der Waals surface area (Å²) in [7, 11) is -3.35. The molecule has 2 N–H and O–H groups in total. The molecular weight excluding hydrogens is 260 g/mol. The van der Waals surface area contributed by atoms with Crippen LogP contribution in [0.4, 0.5) is 0 Å². The van der Waals surface area contributed by atoms with Gasteiger partial charge >= 0.3 is 0 Å². The van der Waals surface area contributed by atoms with Crippen molar-refractivity contribution in [3.8, 4) is 0 Å². The fourth-order valence-electron chi connectivity index (χ4n) is 2.17. The molecule has 0 spiro atoms. The van der Waals surface area contributed by atoms with E-state index in [0.717, 1.165) is 31.4 Å². The topological polar surface area (TPSA) is 58.2 Å². The summed E-state index contributed by atoms with van der Waals surface area (Å²) >= 11 is 0. The van der Waals surface area contributed by atoms with Crippen LogP contribution in [0.2, 0.25) is 0 Å². The second-order valence-corrected chi connectivity index (χ2v) is 6.81. The SMILES string of the molecule is CCNC(C)c1ccc(S(=O)(=O)NC2CCC2)cc1. The molecule has 1 atom stereocenters. The summed E-state index contributed by atoms with van der Waals surface area (Å²) in [5, 5.41) is 3.31. The van der Waals surface area contributed by atoms with Crippen molar-refractivity contribution < 1.29 is 8.42 Å². The molecule has 0 heterocycles. The lowest BCUT2D eigenvalue weighted by Crippen LogP contribution is -2.39. The van der Waals surface area contributed by atoms with E-state index < -0.39 is 10.0 Å². The van der Waals surface area contributed by atoms with E-state index in [0.29, 0.717) is 4.90 Å². The fourth-order valence-corrected chi connectivity index (χ4v) is 3.48. The molecule has 106 valence electrons. The standard InChI is InChI=1S/C14H22N2O2S/c1-3-15-11(2)12-7-9-14(10-8-12)19(17,18)16-13-5-4-6-13/h7-11,13,15-16H,3-6H2,1-2H3. The summed E-state index contributed by atoms with van der Waals surface area (Å²) < 4.78 is 27.0. The van der Waals surface area contributed by atoms with E-state index in [2.05, 4.69) is 23.9 Å². The summed E-state index contributed by atoms with van der Waals surface area (Å²) in [6, 6.07) is 7.49. The van der Waals surface area contributed by atoms with Gasteiger partial charge in [-0.25, -0.2) is 13.1 Å². The summed E-state index contributed by atoms with van der Waals surface area (Å²) in [6.45, 7) is 5.02. The maximum absolute atomic E-state index is 12.1. The van der Waals surface area contributed by atoms with Gasteiger partial charge in [-0.1, -0.05) is 25.5 Å². The van der Waals surface area contributed by atoms with Crippen LogP contribution in [-0.2, 0) is 10.0 Å². The minimum Gasteiger partial charge on any atom is -0.310 e. The van der Waals surface area contributed by atoms with Crippen LogP contribution in [0.15, 0.2) is 29.2 Å². The molecule has 4 nitrogen and oxygen atoms in total. The van der Waals surface area contributed by atoms with E-state index in [9.17, 15) is 8.42 Å². The average molecular weight is 282 g/mol. The summed E-state index contributed by atoms with van der Waals surface area (Å²) in [6.07, 6.45) is 3.02. The molecule has 0 bridgehead atoms. The minimum absolute atomic E-state index is 0.130. The Hall–Kier alpha value is -0.910. The first-order valence-electron chi connectivity index (χ1n) is 6.88. The fraction of sp³-hybridized carbons (Fsp3) is 0.571. The number of nitrogens with one attached hydrogen (secondary N) is 2. The second kappa shape index (κ2) is 6.03. The molecule has 0 aliphatic heterocycles. The van der Waals surface area contributed by atoms with Crippen LogP contribution in [0.5, 0.6) is 0 Å². The summed E-state index contributed by atoms with van der Waals surface area (Å²) in [5.41, 5.74) is 1.10. The van der Waals surface area contributed by atoms with Crippen molar-refractivity contribution in [3.05, 3.63) is 29.8 Å². The van der Waals surface area contributed by atoms with Crippen molar-refractivity contribution in [3.63, 3.8) is 0 Å². The van der Waals surface area contributed by atoms with E-state index in [1.165, 1.54) is 0 Å². The van der Waals surface area contributed by atoms with Gasteiger partial charge in [-0.05, 0) is 44.0 Å². The van der Waals surface area contributed by atoms with Crippen molar-refractivity contribution in [1.82, 2.24) is 10.0 Å². The van der Waals surface area contributed by atoms with Gasteiger partial charge in [0.05, 0.1) is 4.90 Å². The predicted molar refractivity (Wildman–Crippen MR) is 76.5 cm³/mol. The quantitative estimate of drug-likeness (QED) is 0.841. The van der Waals surface area contributed by atoms with Crippen LogP contribution in [-0.4, -0.2) is 21.0 Å². The first-order chi connectivity index (χ1) is 9.03. The maximum Gasteiger partial charge on any atom is 0.240 e. The smallest absolute Gasteiger partial charge is 0.240 e. The zero-order valence-corrected chi connectivity index (χ0v) is 12.3. The molecule has 1 unspecified atom stereocenters. The molecule has 0 saturated heterocycles. The molecule has 2 rings (SSSR count). The molecule has 0 amide bonds. The van der Waals surface area contributed by atoms with E-state index in [-0.39, 0.29) is 12.1 Å². The number of rotatable bonds is 6. The van der Waals surface area contributed by atoms with Gasteiger partial charge < -0.3 is 5.32 Å². The largest absolute Gasteiger partial charge is 0.310 e. The Morgan fingerprint density at radius 2 is 1.89 bits per heavy atom. The van der Waals surface area contributed by atoms with Gasteiger partial charge in [0, 0.05) is 12.1 Å². The number of benzene rings is 1. The van der Waals surface area contributed by atoms with Crippen molar-refractivity contribution in [1.29, 1.82) is 0 Å². The van der Waals surface area contributed by atoms with Crippen molar-refractivity contribution in [2.45, 2.75) is 50.1 Å². The third kappa shape index (κ3) is 3.55. The normalized spacial score (nSPS) is 18.0. The van der Waals surface area contributed by atoms with Crippen LogP contribution >= 0.6 is 0 Å². The zero-order chi connectivity index (χ0) is 13.9. The molecule has 5 heteroatoms. The molecule has 1 aromatic carbocycles. The van der Waals surface area contributed by atoms with Gasteiger partial charge in [0.1, 0.15) is 0 Å². The molecule has 0 radical (unpaired) electrons. The van der Waals surface area contributed by atoms with Crippen LogP contribution in [0, 0.1) is 0 Å². The Balaban J connectivity index is 2.08. The lowest BCUT2D eigenvalue weighted by molar-refractivity contribution is 0.383. The van der Waals surface area contributed by atoms with E-state index in [1.807, 2.05) is 12.1 Å². The van der Waals surface area contributed by atoms with Crippen LogP contribution < -0.4 is 10.0 Å². The minimum atomic E-state index is -3.35. The van der Waals surface area contributed by atoms with Gasteiger partial charge in [0.25, 0.3) is 0 Å². The predicted octanol–water partition coefficient (Wildman–Crippen LogP) is 2.19. The molecule has 1 aliphatic rings. The van der Waals surface area contributed by atoms with Crippen molar-refractivity contribution >= 4 is 10.0 Å². The van der Waals surface area contributed by atoms with Crippen LogP contribution in [0.1, 0.15) is 44.7 Å². The maximum atomic E-state index is 12.1. The summed E-state index contributed by atoms with van der Waals surface area (Å²) in [5.74, 6) is 0. The molecule has 1 aromatic rings. The van der Waals surface area contributed by atoms with Gasteiger partial charge in [-0.3, -0.25) is 0 Å². The van der Waals surface area contributed by atoms with Gasteiger partial charge in [0.2, 0.25) is 10.0 Å². The Bertz CT molecular complexity index is 507. The summed E-state index contributed by atoms with van der Waals surface area (Å²) in [4.78, 5) is 0.354. The third-order valence-electron chi connectivity index (χ3n) is 3.63. The highest BCUT2D eigenvalue weighted by Crippen LogP contribution is 2.22. The van der Waals surface area contributed by atoms with Crippen molar-refractivity contribution in [2.24, 2.45) is 0 Å². The van der Waals surface area contributed by atoms with Crippen LogP contribution in [0.25, 0.3) is 0 Å². The Morgan fingerprint density at radius 3 is 2.37 bits per heavy atom. The molecule has 1 saturated carbocycles. The van der Waals surface area contributed by atoms with Gasteiger partial charge in [-0.15, -0.1) is 0 Å². The second-order valence-electron chi connectivity index (χ2n) is 5.10. The van der Waals surface area contributed by atoms with Gasteiger partial charge in [-0.2, -0.15) is 0 Å². The Morgan fingerprint density at radius 1 is 1.26 bits per heavy atom. The monoisotopic (exact) mass is 282 g/mol. The van der Waals surface area contributed by atoms with E-state index in [1.54, 1.807) is 12.1 Å². The third-order valence-corrected chi connectivity index (χ3v) is 5.16. The Kier molecular flexibility index (Phi) is 4.60. The molecule has 1 fully saturated rings. The Labute approximate surface area is 115 Å². The molecule has 19 heavy (non-hydrogen) atoms. The number of hydrogen-bond acceptors (Lipinski definition) is 3. The average Bonchev–Trinajstić information content (AvgIpc) is 2.35. The highest BCUT2D eigenvalue weighted by Gasteiger charge is 2.24. The molecular formula is C14H22N2O2S. The lowest BCUT2D eigenvalue weighted by Gasteiger charge is -2.26. The molecule has 0 aromatic heterocycles. The van der Waals surface area contributed by atoms with Crippen molar-refractivity contribution in [2.75, 3.05) is 6.54 Å². The number of hydrogen-bond donors (Lipinski definition) is 2. The van der Waals surface area contributed by atoms with E-state index in [4.69, 9.17) is 0 Å². The first kappa shape index (κ1) is 14.5.